The summed E-state index contributed by atoms with van der Waals surface area (Å²) in [6.07, 6.45) is 0. The van der Waals surface area contributed by atoms with E-state index in [9.17, 15) is 4.79 Å². The molecular formula is C15H12Cl2N2OS. The van der Waals surface area contributed by atoms with Crippen molar-refractivity contribution in [3.63, 3.8) is 0 Å². The minimum absolute atomic E-state index is 0.158. The van der Waals surface area contributed by atoms with Gasteiger partial charge in [-0.1, -0.05) is 40.9 Å². The number of hydrogen-bond acceptors (Lipinski definition) is 2. The van der Waals surface area contributed by atoms with Gasteiger partial charge in [-0.05, 0) is 49.5 Å². The lowest BCUT2D eigenvalue weighted by molar-refractivity contribution is 0.0977. The van der Waals surface area contributed by atoms with E-state index in [2.05, 4.69) is 10.6 Å². The Balaban J connectivity index is 2.05. The van der Waals surface area contributed by atoms with E-state index in [-0.39, 0.29) is 11.0 Å². The lowest BCUT2D eigenvalue weighted by Crippen LogP contribution is -2.34. The quantitative estimate of drug-likeness (QED) is 0.796. The zero-order valence-corrected chi connectivity index (χ0v) is 13.4. The second-order valence-electron chi connectivity index (χ2n) is 4.40. The van der Waals surface area contributed by atoms with E-state index >= 15 is 0 Å². The van der Waals surface area contributed by atoms with Gasteiger partial charge in [-0.2, -0.15) is 0 Å². The Labute approximate surface area is 138 Å². The van der Waals surface area contributed by atoms with E-state index in [4.69, 9.17) is 35.4 Å². The van der Waals surface area contributed by atoms with Gasteiger partial charge >= 0.3 is 0 Å². The fourth-order valence-electron chi connectivity index (χ4n) is 1.71. The van der Waals surface area contributed by atoms with E-state index < -0.39 is 0 Å². The van der Waals surface area contributed by atoms with Gasteiger partial charge in [0.25, 0.3) is 5.91 Å². The molecule has 0 bridgehead atoms. The number of aryl methyl sites for hydroxylation is 1. The highest BCUT2D eigenvalue weighted by atomic mass is 35.5. The van der Waals surface area contributed by atoms with Gasteiger partial charge < -0.3 is 5.32 Å². The van der Waals surface area contributed by atoms with E-state index in [1.54, 1.807) is 30.3 Å². The molecule has 0 fully saturated rings. The molecule has 3 nitrogen and oxygen atoms in total. The Morgan fingerprint density at radius 3 is 2.62 bits per heavy atom. The largest absolute Gasteiger partial charge is 0.331 e. The van der Waals surface area contributed by atoms with E-state index in [0.717, 1.165) is 5.56 Å². The molecule has 0 spiro atoms. The number of carbonyl (C=O) groups excluding carboxylic acids is 1. The molecule has 0 heterocycles. The SMILES string of the molecule is Cc1cccc(C(=O)NC(=S)Nc2cc(Cl)ccc2Cl)c1. The van der Waals surface area contributed by atoms with Crippen LogP contribution in [0, 0.1) is 6.92 Å². The molecule has 0 aliphatic rings. The summed E-state index contributed by atoms with van der Waals surface area (Å²) in [6, 6.07) is 12.2. The number of rotatable bonds is 2. The first-order chi connectivity index (χ1) is 9.95. The van der Waals surface area contributed by atoms with Gasteiger partial charge in [-0.25, -0.2) is 0 Å². The predicted molar refractivity (Wildman–Crippen MR) is 91.3 cm³/mol. The maximum Gasteiger partial charge on any atom is 0.257 e. The molecule has 2 aromatic carbocycles. The van der Waals surface area contributed by atoms with E-state index in [1.165, 1.54) is 0 Å². The van der Waals surface area contributed by atoms with Crippen molar-refractivity contribution in [1.82, 2.24) is 5.32 Å². The molecule has 21 heavy (non-hydrogen) atoms. The highest BCUT2D eigenvalue weighted by Gasteiger charge is 2.09. The van der Waals surface area contributed by atoms with Gasteiger partial charge in [0.2, 0.25) is 0 Å². The van der Waals surface area contributed by atoms with Crippen molar-refractivity contribution in [3.05, 3.63) is 63.6 Å². The molecule has 0 saturated heterocycles. The number of hydrogen-bond donors (Lipinski definition) is 2. The summed E-state index contributed by atoms with van der Waals surface area (Å²) in [5, 5.41) is 6.59. The highest BCUT2D eigenvalue weighted by molar-refractivity contribution is 7.80. The van der Waals surface area contributed by atoms with Gasteiger partial charge in [0.05, 0.1) is 10.7 Å². The predicted octanol–water partition coefficient (Wildman–Crippen LogP) is 4.43. The second kappa shape index (κ2) is 6.89. The minimum Gasteiger partial charge on any atom is -0.331 e. The van der Waals surface area contributed by atoms with E-state index in [0.29, 0.717) is 21.3 Å². The minimum atomic E-state index is -0.283. The summed E-state index contributed by atoms with van der Waals surface area (Å²) < 4.78 is 0. The average Bonchev–Trinajstić information content (AvgIpc) is 2.42. The molecular weight excluding hydrogens is 327 g/mol. The van der Waals surface area contributed by atoms with Crippen molar-refractivity contribution >= 4 is 52.1 Å². The Morgan fingerprint density at radius 1 is 1.14 bits per heavy atom. The van der Waals surface area contributed by atoms with Crippen LogP contribution in [0.2, 0.25) is 10.0 Å². The average molecular weight is 339 g/mol. The smallest absolute Gasteiger partial charge is 0.257 e. The summed E-state index contributed by atoms with van der Waals surface area (Å²) in [7, 11) is 0. The molecule has 0 saturated carbocycles. The van der Waals surface area contributed by atoms with Crippen molar-refractivity contribution in [1.29, 1.82) is 0 Å². The van der Waals surface area contributed by atoms with Crippen LogP contribution in [0.25, 0.3) is 0 Å². The van der Waals surface area contributed by atoms with Crippen LogP contribution < -0.4 is 10.6 Å². The first-order valence-corrected chi connectivity index (χ1v) is 7.26. The third-order valence-corrected chi connectivity index (χ3v) is 3.45. The summed E-state index contributed by atoms with van der Waals surface area (Å²) in [5.74, 6) is -0.283. The first-order valence-electron chi connectivity index (χ1n) is 6.10. The Morgan fingerprint density at radius 2 is 1.90 bits per heavy atom. The second-order valence-corrected chi connectivity index (χ2v) is 5.65. The normalized spacial score (nSPS) is 10.0. The molecule has 0 atom stereocenters. The fraction of sp³-hybridized carbons (Fsp3) is 0.0667. The first kappa shape index (κ1) is 15.8. The highest BCUT2D eigenvalue weighted by Crippen LogP contribution is 2.25. The maximum absolute atomic E-state index is 12.1. The summed E-state index contributed by atoms with van der Waals surface area (Å²) in [4.78, 5) is 12.1. The van der Waals surface area contributed by atoms with Gasteiger partial charge in [0.15, 0.2) is 5.11 Å². The number of anilines is 1. The van der Waals surface area contributed by atoms with Crippen molar-refractivity contribution in [2.24, 2.45) is 0 Å². The standard InChI is InChI=1S/C15H12Cl2N2OS/c1-9-3-2-4-10(7-9)14(20)19-15(21)18-13-8-11(16)5-6-12(13)17/h2-8H,1H3,(H2,18,19,20,21). The van der Waals surface area contributed by atoms with Crippen LogP contribution in [0.5, 0.6) is 0 Å². The molecule has 0 aliphatic heterocycles. The number of benzene rings is 2. The van der Waals surface area contributed by atoms with Gasteiger partial charge in [-0.15, -0.1) is 0 Å². The van der Waals surface area contributed by atoms with Crippen molar-refractivity contribution in [3.8, 4) is 0 Å². The van der Waals surface area contributed by atoms with Gasteiger partial charge in [-0.3, -0.25) is 10.1 Å². The van der Waals surface area contributed by atoms with Gasteiger partial charge in [0, 0.05) is 10.6 Å². The van der Waals surface area contributed by atoms with Crippen LogP contribution in [-0.4, -0.2) is 11.0 Å². The Bertz CT molecular complexity index is 704. The molecule has 108 valence electrons. The third-order valence-electron chi connectivity index (χ3n) is 2.68. The molecule has 0 aromatic heterocycles. The Hall–Kier alpha value is -1.62. The molecule has 6 heteroatoms. The molecule has 1 amide bonds. The lowest BCUT2D eigenvalue weighted by atomic mass is 10.1. The van der Waals surface area contributed by atoms with Crippen molar-refractivity contribution in [2.75, 3.05) is 5.32 Å². The third kappa shape index (κ3) is 4.43. The number of halogens is 2. The van der Waals surface area contributed by atoms with Crippen LogP contribution in [0.1, 0.15) is 15.9 Å². The van der Waals surface area contributed by atoms with Crippen molar-refractivity contribution < 1.29 is 4.79 Å². The molecule has 2 N–H and O–H groups in total. The maximum atomic E-state index is 12.1. The van der Waals surface area contributed by atoms with E-state index in [1.807, 2.05) is 19.1 Å². The summed E-state index contributed by atoms with van der Waals surface area (Å²) in [5.41, 5.74) is 2.08. The van der Waals surface area contributed by atoms with Crippen LogP contribution >= 0.6 is 35.4 Å². The zero-order valence-electron chi connectivity index (χ0n) is 11.1. The van der Waals surface area contributed by atoms with Crippen LogP contribution in [0.3, 0.4) is 0 Å². The number of carbonyl (C=O) groups is 1. The summed E-state index contributed by atoms with van der Waals surface area (Å²) >= 11 is 17.0. The Kier molecular flexibility index (Phi) is 5.17. The molecule has 0 aliphatic carbocycles. The molecule has 2 aromatic rings. The van der Waals surface area contributed by atoms with Crippen molar-refractivity contribution in [2.45, 2.75) is 6.92 Å². The topological polar surface area (TPSA) is 41.1 Å². The van der Waals surface area contributed by atoms with Crippen LogP contribution in [0.4, 0.5) is 5.69 Å². The zero-order chi connectivity index (χ0) is 15.4. The number of nitrogens with one attached hydrogen (secondary N) is 2. The lowest BCUT2D eigenvalue weighted by Gasteiger charge is -2.11. The molecule has 0 radical (unpaired) electrons. The van der Waals surface area contributed by atoms with Crippen LogP contribution in [0.15, 0.2) is 42.5 Å². The van der Waals surface area contributed by atoms with Crippen LogP contribution in [-0.2, 0) is 0 Å². The number of thiocarbonyl (C=S) groups is 1. The molecule has 0 unspecified atom stereocenters. The van der Waals surface area contributed by atoms with Gasteiger partial charge in [0.1, 0.15) is 0 Å². The summed E-state index contributed by atoms with van der Waals surface area (Å²) in [6.45, 7) is 1.92. The molecule has 2 rings (SSSR count). The fourth-order valence-corrected chi connectivity index (χ4v) is 2.25. The monoisotopic (exact) mass is 338 g/mol. The number of amides is 1.